The number of ketones is 2. The Labute approximate surface area is 321 Å². The Morgan fingerprint density at radius 2 is 1.65 bits per heavy atom. The van der Waals surface area contributed by atoms with Crippen molar-refractivity contribution >= 4 is 29.7 Å². The van der Waals surface area contributed by atoms with Crippen LogP contribution >= 0.6 is 0 Å². The standard InChI is InChI=1S/C42H65NO11/c1-9-31-17-24(2)16-25(3)18-35(51-7)38-36(52-8)20-27(5)42(50,54-38)39(47)40(48)43-15-11-10-12-32(43)41(49)53-37(28(6)33(45)22-34(31)46)26(4)19-29-13-14-30(21-29)23-44/h17,19,23,25,27-33,35-38,45,50H,9-16,18,20-22H2,1-8H3/b24-17+,26-19+/t25-,27+,28+,29-,30?,31+,32-,33-,35-,36-,37+,38+,42+/m0/s1. The van der Waals surface area contributed by atoms with Crippen LogP contribution in [0.1, 0.15) is 112 Å². The van der Waals surface area contributed by atoms with Gasteiger partial charge in [0.15, 0.2) is 0 Å². The lowest BCUT2D eigenvalue weighted by molar-refractivity contribution is -0.302. The highest BCUT2D eigenvalue weighted by molar-refractivity contribution is 6.39. The van der Waals surface area contributed by atoms with Gasteiger partial charge in [0.05, 0.1) is 18.3 Å². The number of aliphatic hydroxyl groups excluding tert-OH is 1. The van der Waals surface area contributed by atoms with E-state index >= 15 is 0 Å². The number of carbonyl (C=O) groups is 5. The molecule has 12 nitrogen and oxygen atoms in total. The van der Waals surface area contributed by atoms with Crippen molar-refractivity contribution in [3.8, 4) is 0 Å². The topological polar surface area (TPSA) is 166 Å². The van der Waals surface area contributed by atoms with Crippen molar-refractivity contribution in [3.63, 3.8) is 0 Å². The van der Waals surface area contributed by atoms with E-state index in [1.165, 1.54) is 19.1 Å². The lowest BCUT2D eigenvalue weighted by Gasteiger charge is -2.47. The van der Waals surface area contributed by atoms with E-state index in [0.29, 0.717) is 44.1 Å². The zero-order chi connectivity index (χ0) is 39.9. The third kappa shape index (κ3) is 10.1. The van der Waals surface area contributed by atoms with Gasteiger partial charge in [0, 0.05) is 50.9 Å². The van der Waals surface area contributed by atoms with Gasteiger partial charge in [-0.2, -0.15) is 0 Å². The summed E-state index contributed by atoms with van der Waals surface area (Å²) in [6.07, 6.45) is 6.19. The number of methoxy groups -OCH3 is 2. The fraction of sp³-hybridized carbons (Fsp3) is 0.786. The highest BCUT2D eigenvalue weighted by Gasteiger charge is 2.56. The predicted octanol–water partition coefficient (Wildman–Crippen LogP) is 4.91. The Morgan fingerprint density at radius 3 is 2.28 bits per heavy atom. The van der Waals surface area contributed by atoms with Crippen LogP contribution in [0.4, 0.5) is 0 Å². The van der Waals surface area contributed by atoms with Gasteiger partial charge in [-0.1, -0.05) is 45.4 Å². The number of hydrogen-bond acceptors (Lipinski definition) is 11. The number of ether oxygens (including phenoxy) is 4. The third-order valence-electron chi connectivity index (χ3n) is 12.5. The van der Waals surface area contributed by atoms with Crippen molar-refractivity contribution in [1.82, 2.24) is 4.90 Å². The summed E-state index contributed by atoms with van der Waals surface area (Å²) in [5.41, 5.74) is 1.68. The number of amides is 1. The van der Waals surface area contributed by atoms with E-state index in [0.717, 1.165) is 24.7 Å². The molecule has 12 heteroatoms. The van der Waals surface area contributed by atoms with Crippen molar-refractivity contribution < 1.29 is 53.1 Å². The first-order valence-electron chi connectivity index (χ1n) is 20.1. The first-order valence-corrected chi connectivity index (χ1v) is 20.1. The van der Waals surface area contributed by atoms with Gasteiger partial charge < -0.3 is 38.9 Å². The number of rotatable bonds is 6. The SMILES string of the molecule is CC[C@@H]1/C=C(\C)C[C@H](C)C[C@H](OC)[C@H]2O[C@@](O)(C(=O)C(=O)N3CCCC[C@H]3C(=O)O[C@H](/C(C)=C/[C@@H]3CCC(C=O)C3)[C@H](C)[C@@H](O)CC1=O)[C@H](C)C[C@@H]2OC. The number of carbonyl (C=O) groups excluding carboxylic acids is 5. The molecule has 3 aliphatic heterocycles. The average Bonchev–Trinajstić information content (AvgIpc) is 3.61. The molecular weight excluding hydrogens is 694 g/mol. The summed E-state index contributed by atoms with van der Waals surface area (Å²) in [4.78, 5) is 68.9. The van der Waals surface area contributed by atoms with Crippen molar-refractivity contribution in [2.75, 3.05) is 20.8 Å². The molecule has 4 rings (SSSR count). The largest absolute Gasteiger partial charge is 0.456 e. The Kier molecular flexibility index (Phi) is 15.8. The molecule has 1 saturated carbocycles. The number of hydrogen-bond donors (Lipinski definition) is 2. The quantitative estimate of drug-likeness (QED) is 0.164. The monoisotopic (exact) mass is 759 g/mol. The zero-order valence-corrected chi connectivity index (χ0v) is 33.7. The van der Waals surface area contributed by atoms with Crippen molar-refractivity contribution in [3.05, 3.63) is 23.3 Å². The molecule has 0 aromatic rings. The van der Waals surface area contributed by atoms with Crippen LogP contribution < -0.4 is 0 Å². The van der Waals surface area contributed by atoms with Crippen LogP contribution in [0.2, 0.25) is 0 Å². The Bertz CT molecular complexity index is 1410. The molecule has 1 aliphatic carbocycles. The molecule has 3 heterocycles. The number of aldehydes is 1. The molecule has 2 bridgehead atoms. The van der Waals surface area contributed by atoms with E-state index in [1.54, 1.807) is 13.8 Å². The fourth-order valence-corrected chi connectivity index (χ4v) is 9.17. The van der Waals surface area contributed by atoms with E-state index in [9.17, 15) is 34.2 Å². The predicted molar refractivity (Wildman–Crippen MR) is 201 cm³/mol. The number of Topliss-reactive ketones (excluding diaryl/α,β-unsaturated/α-hetero) is 2. The first-order chi connectivity index (χ1) is 25.6. The number of piperidine rings is 1. The third-order valence-corrected chi connectivity index (χ3v) is 12.5. The lowest BCUT2D eigenvalue weighted by atomic mass is 9.82. The molecule has 1 unspecified atom stereocenters. The zero-order valence-electron chi connectivity index (χ0n) is 33.7. The maximum atomic E-state index is 14.2. The van der Waals surface area contributed by atoms with Crippen LogP contribution in [-0.4, -0.2) is 108 Å². The summed E-state index contributed by atoms with van der Waals surface area (Å²) in [6.45, 7) is 11.3. The molecule has 2 N–H and O–H groups in total. The van der Waals surface area contributed by atoms with Gasteiger partial charge >= 0.3 is 5.97 Å². The van der Waals surface area contributed by atoms with E-state index < -0.39 is 77.8 Å². The smallest absolute Gasteiger partial charge is 0.329 e. The summed E-state index contributed by atoms with van der Waals surface area (Å²) >= 11 is 0. The van der Waals surface area contributed by atoms with Crippen LogP contribution in [0.15, 0.2) is 23.3 Å². The van der Waals surface area contributed by atoms with Crippen LogP contribution in [0.5, 0.6) is 0 Å². The summed E-state index contributed by atoms with van der Waals surface area (Å²) in [5, 5.41) is 23.6. The van der Waals surface area contributed by atoms with Gasteiger partial charge in [0.1, 0.15) is 30.3 Å². The Balaban J connectivity index is 1.76. The number of nitrogens with zero attached hydrogens (tertiary/aromatic N) is 1. The summed E-state index contributed by atoms with van der Waals surface area (Å²) in [7, 11) is 3.06. The van der Waals surface area contributed by atoms with Gasteiger partial charge in [-0.15, -0.1) is 0 Å². The molecule has 2 saturated heterocycles. The number of fused-ring (bicyclic) bond motifs is 3. The molecule has 0 radical (unpaired) electrons. The van der Waals surface area contributed by atoms with Crippen LogP contribution in [0.25, 0.3) is 0 Å². The summed E-state index contributed by atoms with van der Waals surface area (Å²) in [5.74, 6) is -7.39. The number of cyclic esters (lactones) is 1. The lowest BCUT2D eigenvalue weighted by Crippen LogP contribution is -2.64. The van der Waals surface area contributed by atoms with Gasteiger partial charge in [-0.05, 0) is 95.5 Å². The Hall–Kier alpha value is -2.77. The first kappa shape index (κ1) is 44.0. The Morgan fingerprint density at radius 1 is 0.981 bits per heavy atom. The van der Waals surface area contributed by atoms with Gasteiger partial charge in [0.25, 0.3) is 11.7 Å². The molecule has 54 heavy (non-hydrogen) atoms. The van der Waals surface area contributed by atoms with Crippen LogP contribution in [-0.2, 0) is 42.9 Å². The summed E-state index contributed by atoms with van der Waals surface area (Å²) < 4.78 is 24.1. The molecule has 0 aromatic carbocycles. The van der Waals surface area contributed by atoms with Crippen molar-refractivity contribution in [1.29, 1.82) is 0 Å². The molecule has 4 aliphatic rings. The number of allylic oxidation sites excluding steroid dienone is 3. The minimum atomic E-state index is -2.49. The van der Waals surface area contributed by atoms with Crippen LogP contribution in [0, 0.1) is 35.5 Å². The fourth-order valence-electron chi connectivity index (χ4n) is 9.17. The van der Waals surface area contributed by atoms with E-state index in [1.807, 2.05) is 32.9 Å². The number of aliphatic hydroxyl groups is 2. The maximum Gasteiger partial charge on any atom is 0.329 e. The second kappa shape index (κ2) is 19.4. The van der Waals surface area contributed by atoms with Crippen LogP contribution in [0.3, 0.4) is 0 Å². The second-order valence-electron chi connectivity index (χ2n) is 16.7. The van der Waals surface area contributed by atoms with Gasteiger partial charge in [-0.3, -0.25) is 14.4 Å². The maximum absolute atomic E-state index is 14.2. The minimum absolute atomic E-state index is 0.0406. The normalized spacial score (nSPS) is 41.0. The van der Waals surface area contributed by atoms with E-state index in [2.05, 4.69) is 6.92 Å². The molecule has 1 amide bonds. The second-order valence-corrected chi connectivity index (χ2v) is 16.7. The number of esters is 1. The van der Waals surface area contributed by atoms with E-state index in [4.69, 9.17) is 18.9 Å². The molecular formula is C42H65NO11. The average molecular weight is 760 g/mol. The summed E-state index contributed by atoms with van der Waals surface area (Å²) in [6, 6.07) is -1.12. The van der Waals surface area contributed by atoms with Gasteiger partial charge in [-0.25, -0.2) is 4.79 Å². The molecule has 0 spiro atoms. The highest BCUT2D eigenvalue weighted by Crippen LogP contribution is 2.39. The molecule has 304 valence electrons. The van der Waals surface area contributed by atoms with E-state index in [-0.39, 0.29) is 49.3 Å². The molecule has 13 atom stereocenters. The van der Waals surface area contributed by atoms with Crippen molar-refractivity contribution in [2.24, 2.45) is 35.5 Å². The minimum Gasteiger partial charge on any atom is -0.456 e. The molecule has 0 aromatic heterocycles. The van der Waals surface area contributed by atoms with Crippen molar-refractivity contribution in [2.45, 2.75) is 155 Å². The van der Waals surface area contributed by atoms with Gasteiger partial charge in [0.2, 0.25) is 5.79 Å². The molecule has 3 fully saturated rings. The highest BCUT2D eigenvalue weighted by atomic mass is 16.7.